The van der Waals surface area contributed by atoms with E-state index in [0.717, 1.165) is 36.4 Å². The van der Waals surface area contributed by atoms with E-state index in [1.807, 2.05) is 0 Å². The summed E-state index contributed by atoms with van der Waals surface area (Å²) < 4.78 is 5.39. The van der Waals surface area contributed by atoms with E-state index in [2.05, 4.69) is 41.7 Å². The molecule has 0 aromatic heterocycles. The molecule has 0 saturated carbocycles. The van der Waals surface area contributed by atoms with Crippen LogP contribution in [0.15, 0.2) is 0 Å². The van der Waals surface area contributed by atoms with Gasteiger partial charge in [0.2, 0.25) is 0 Å². The van der Waals surface area contributed by atoms with Crippen molar-refractivity contribution in [1.82, 2.24) is 4.90 Å². The standard InChI is InChI=1S/C12H24BrNO/c1-10(2)11(8-13)9-14(3)12-4-6-15-7-5-12/h10-12H,4-9H2,1-3H3. The van der Waals surface area contributed by atoms with Crippen molar-refractivity contribution in [2.75, 3.05) is 32.1 Å². The highest BCUT2D eigenvalue weighted by molar-refractivity contribution is 9.09. The first kappa shape index (κ1) is 13.5. The molecule has 1 atom stereocenters. The molecule has 90 valence electrons. The largest absolute Gasteiger partial charge is 0.381 e. The average Bonchev–Trinajstić information content (AvgIpc) is 2.26. The van der Waals surface area contributed by atoms with Gasteiger partial charge in [-0.05, 0) is 31.7 Å². The van der Waals surface area contributed by atoms with Crippen LogP contribution in [0.1, 0.15) is 26.7 Å². The topological polar surface area (TPSA) is 12.5 Å². The first-order valence-corrected chi connectivity index (χ1v) is 7.11. The summed E-state index contributed by atoms with van der Waals surface area (Å²) in [5.41, 5.74) is 0. The van der Waals surface area contributed by atoms with Gasteiger partial charge < -0.3 is 9.64 Å². The molecule has 1 fully saturated rings. The Hall–Kier alpha value is 0.400. The Labute approximate surface area is 102 Å². The van der Waals surface area contributed by atoms with E-state index in [9.17, 15) is 0 Å². The molecule has 1 unspecified atom stereocenters. The molecule has 1 rings (SSSR count). The maximum atomic E-state index is 5.39. The van der Waals surface area contributed by atoms with E-state index >= 15 is 0 Å². The fourth-order valence-electron chi connectivity index (χ4n) is 2.08. The number of hydrogen-bond donors (Lipinski definition) is 0. The van der Waals surface area contributed by atoms with Crippen molar-refractivity contribution in [2.45, 2.75) is 32.7 Å². The van der Waals surface area contributed by atoms with E-state index in [1.54, 1.807) is 0 Å². The van der Waals surface area contributed by atoms with Gasteiger partial charge in [-0.15, -0.1) is 0 Å². The molecule has 2 nitrogen and oxygen atoms in total. The zero-order chi connectivity index (χ0) is 11.3. The zero-order valence-electron chi connectivity index (χ0n) is 10.2. The minimum Gasteiger partial charge on any atom is -0.381 e. The SMILES string of the molecule is CC(C)C(CBr)CN(C)C1CCOCC1. The molecular weight excluding hydrogens is 254 g/mol. The summed E-state index contributed by atoms with van der Waals surface area (Å²) >= 11 is 3.62. The van der Waals surface area contributed by atoms with Crippen LogP contribution < -0.4 is 0 Å². The van der Waals surface area contributed by atoms with Gasteiger partial charge >= 0.3 is 0 Å². The van der Waals surface area contributed by atoms with Gasteiger partial charge in [-0.25, -0.2) is 0 Å². The molecule has 0 bridgehead atoms. The minimum atomic E-state index is 0.735. The Morgan fingerprint density at radius 2 is 1.93 bits per heavy atom. The number of rotatable bonds is 5. The Morgan fingerprint density at radius 1 is 1.33 bits per heavy atom. The molecule has 1 saturated heterocycles. The van der Waals surface area contributed by atoms with E-state index < -0.39 is 0 Å². The van der Waals surface area contributed by atoms with Gasteiger partial charge in [0.15, 0.2) is 0 Å². The highest BCUT2D eigenvalue weighted by Crippen LogP contribution is 2.19. The third-order valence-corrected chi connectivity index (χ3v) is 4.31. The van der Waals surface area contributed by atoms with Gasteiger partial charge in [-0.1, -0.05) is 29.8 Å². The summed E-state index contributed by atoms with van der Waals surface area (Å²) in [4.78, 5) is 2.52. The summed E-state index contributed by atoms with van der Waals surface area (Å²) in [6.45, 7) is 7.70. The zero-order valence-corrected chi connectivity index (χ0v) is 11.8. The smallest absolute Gasteiger partial charge is 0.0480 e. The number of nitrogens with zero attached hydrogens (tertiary/aromatic N) is 1. The van der Waals surface area contributed by atoms with Gasteiger partial charge in [0.25, 0.3) is 0 Å². The van der Waals surface area contributed by atoms with E-state index in [4.69, 9.17) is 4.74 Å². The monoisotopic (exact) mass is 277 g/mol. The normalized spacial score (nSPS) is 21.2. The van der Waals surface area contributed by atoms with Gasteiger partial charge in [0, 0.05) is 31.1 Å². The van der Waals surface area contributed by atoms with Crippen LogP contribution in [0, 0.1) is 11.8 Å². The van der Waals surface area contributed by atoms with Crippen molar-refractivity contribution in [2.24, 2.45) is 11.8 Å². The summed E-state index contributed by atoms with van der Waals surface area (Å²) in [6, 6.07) is 0.735. The molecule has 0 aromatic rings. The fraction of sp³-hybridized carbons (Fsp3) is 1.00. The van der Waals surface area contributed by atoms with Gasteiger partial charge in [-0.3, -0.25) is 0 Å². The number of ether oxygens (including phenoxy) is 1. The second-order valence-electron chi connectivity index (χ2n) is 4.94. The van der Waals surface area contributed by atoms with Crippen molar-refractivity contribution in [1.29, 1.82) is 0 Å². The van der Waals surface area contributed by atoms with Crippen molar-refractivity contribution in [3.05, 3.63) is 0 Å². The maximum Gasteiger partial charge on any atom is 0.0480 e. The molecule has 0 radical (unpaired) electrons. The van der Waals surface area contributed by atoms with Crippen molar-refractivity contribution < 1.29 is 4.74 Å². The molecule has 0 N–H and O–H groups in total. The maximum absolute atomic E-state index is 5.39. The summed E-state index contributed by atoms with van der Waals surface area (Å²) in [6.07, 6.45) is 2.40. The summed E-state index contributed by atoms with van der Waals surface area (Å²) in [5, 5.41) is 1.11. The lowest BCUT2D eigenvalue weighted by molar-refractivity contribution is 0.0372. The minimum absolute atomic E-state index is 0.735. The van der Waals surface area contributed by atoms with E-state index in [0.29, 0.717) is 0 Å². The average molecular weight is 278 g/mol. The second kappa shape index (κ2) is 6.87. The highest BCUT2D eigenvalue weighted by atomic mass is 79.9. The fourth-order valence-corrected chi connectivity index (χ4v) is 3.04. The molecular formula is C12H24BrNO. The predicted molar refractivity (Wildman–Crippen MR) is 68.6 cm³/mol. The predicted octanol–water partition coefficient (Wildman–Crippen LogP) is 2.76. The van der Waals surface area contributed by atoms with Crippen LogP contribution in [-0.2, 0) is 4.74 Å². The van der Waals surface area contributed by atoms with Crippen LogP contribution in [0.2, 0.25) is 0 Å². The van der Waals surface area contributed by atoms with Crippen molar-refractivity contribution in [3.63, 3.8) is 0 Å². The lowest BCUT2D eigenvalue weighted by atomic mass is 9.96. The van der Waals surface area contributed by atoms with Gasteiger partial charge in [-0.2, -0.15) is 0 Å². The number of halogens is 1. The third-order valence-electron chi connectivity index (χ3n) is 3.48. The number of alkyl halides is 1. The molecule has 1 heterocycles. The Morgan fingerprint density at radius 3 is 2.40 bits per heavy atom. The lowest BCUT2D eigenvalue weighted by Gasteiger charge is -2.34. The lowest BCUT2D eigenvalue weighted by Crippen LogP contribution is -2.40. The van der Waals surface area contributed by atoms with Gasteiger partial charge in [0.05, 0.1) is 0 Å². The quantitative estimate of drug-likeness (QED) is 0.717. The Bertz CT molecular complexity index is 169. The van der Waals surface area contributed by atoms with Crippen LogP contribution >= 0.6 is 15.9 Å². The highest BCUT2D eigenvalue weighted by Gasteiger charge is 2.22. The van der Waals surface area contributed by atoms with Crippen LogP contribution in [0.3, 0.4) is 0 Å². The molecule has 0 spiro atoms. The van der Waals surface area contributed by atoms with E-state index in [1.165, 1.54) is 19.4 Å². The first-order valence-electron chi connectivity index (χ1n) is 5.99. The van der Waals surface area contributed by atoms with Crippen LogP contribution in [0.25, 0.3) is 0 Å². The molecule has 0 aliphatic carbocycles. The first-order chi connectivity index (χ1) is 7.15. The van der Waals surface area contributed by atoms with Crippen molar-refractivity contribution >= 4 is 15.9 Å². The Kier molecular flexibility index (Phi) is 6.17. The van der Waals surface area contributed by atoms with Crippen molar-refractivity contribution in [3.8, 4) is 0 Å². The summed E-state index contributed by atoms with van der Waals surface area (Å²) in [7, 11) is 2.26. The van der Waals surface area contributed by atoms with Gasteiger partial charge in [0.1, 0.15) is 0 Å². The van der Waals surface area contributed by atoms with Crippen LogP contribution in [-0.4, -0.2) is 43.1 Å². The van der Waals surface area contributed by atoms with E-state index in [-0.39, 0.29) is 0 Å². The second-order valence-corrected chi connectivity index (χ2v) is 5.59. The Balaban J connectivity index is 2.34. The molecule has 1 aliphatic rings. The molecule has 1 aliphatic heterocycles. The third kappa shape index (κ3) is 4.41. The molecule has 15 heavy (non-hydrogen) atoms. The van der Waals surface area contributed by atoms with Crippen LogP contribution in [0.5, 0.6) is 0 Å². The summed E-state index contributed by atoms with van der Waals surface area (Å²) in [5.74, 6) is 1.52. The molecule has 3 heteroatoms. The molecule has 0 aromatic carbocycles. The molecule has 0 amide bonds. The van der Waals surface area contributed by atoms with Crippen LogP contribution in [0.4, 0.5) is 0 Å². The number of hydrogen-bond acceptors (Lipinski definition) is 2.